The fourth-order valence-electron chi connectivity index (χ4n) is 1.55. The number of aliphatic hydroxyl groups excluding tert-OH is 1. The van der Waals surface area contributed by atoms with Gasteiger partial charge in [-0.25, -0.2) is 0 Å². The summed E-state index contributed by atoms with van der Waals surface area (Å²) in [7, 11) is 1.83. The van der Waals surface area contributed by atoms with Crippen molar-refractivity contribution in [1.29, 1.82) is 0 Å². The number of aromatic nitrogens is 1. The predicted octanol–water partition coefficient (Wildman–Crippen LogP) is 1.21. The van der Waals surface area contributed by atoms with E-state index >= 15 is 0 Å². The van der Waals surface area contributed by atoms with Crippen molar-refractivity contribution in [1.82, 2.24) is 10.3 Å². The van der Waals surface area contributed by atoms with Gasteiger partial charge in [0.25, 0.3) is 0 Å². The van der Waals surface area contributed by atoms with Gasteiger partial charge in [-0.3, -0.25) is 4.98 Å². The Balaban J connectivity index is 2.04. The lowest BCUT2D eigenvalue weighted by Crippen LogP contribution is -2.16. The largest absolute Gasteiger partial charge is 0.387 e. The van der Waals surface area contributed by atoms with Gasteiger partial charge < -0.3 is 10.4 Å². The second-order valence-electron chi connectivity index (χ2n) is 3.86. The van der Waals surface area contributed by atoms with E-state index in [2.05, 4.69) is 10.3 Å². The molecule has 1 saturated carbocycles. The number of pyridine rings is 1. The Morgan fingerprint density at radius 2 is 2.36 bits per heavy atom. The van der Waals surface area contributed by atoms with E-state index in [1.54, 1.807) is 6.20 Å². The summed E-state index contributed by atoms with van der Waals surface area (Å²) < 4.78 is 0. The predicted molar refractivity (Wildman–Crippen MR) is 55.1 cm³/mol. The smallest absolute Gasteiger partial charge is 0.0929 e. The molecule has 0 aliphatic heterocycles. The van der Waals surface area contributed by atoms with Gasteiger partial charge in [-0.15, -0.1) is 0 Å². The van der Waals surface area contributed by atoms with Gasteiger partial charge in [0.1, 0.15) is 0 Å². The molecule has 3 heteroatoms. The summed E-state index contributed by atoms with van der Waals surface area (Å²) in [5, 5.41) is 12.6. The van der Waals surface area contributed by atoms with Crippen molar-refractivity contribution in [3.8, 4) is 0 Å². The zero-order valence-corrected chi connectivity index (χ0v) is 8.40. The van der Waals surface area contributed by atoms with Gasteiger partial charge >= 0.3 is 0 Å². The highest BCUT2D eigenvalue weighted by Gasteiger charge is 2.24. The van der Waals surface area contributed by atoms with Crippen LogP contribution in [0.25, 0.3) is 0 Å². The van der Waals surface area contributed by atoms with Crippen LogP contribution < -0.4 is 5.32 Å². The molecule has 1 aromatic heterocycles. The SMILES string of the molecule is CNCC(O)c1ccc(C2CC2)nc1. The second kappa shape index (κ2) is 4.07. The standard InChI is InChI=1S/C11H16N2O/c1-12-7-11(14)9-4-5-10(13-6-9)8-2-3-8/h4-6,8,11-12,14H,2-3,7H2,1H3. The number of hydrogen-bond acceptors (Lipinski definition) is 3. The molecule has 76 valence electrons. The molecule has 14 heavy (non-hydrogen) atoms. The van der Waals surface area contributed by atoms with E-state index in [4.69, 9.17) is 0 Å². The first-order chi connectivity index (χ1) is 6.81. The molecule has 1 fully saturated rings. The van der Waals surface area contributed by atoms with Gasteiger partial charge in [0.05, 0.1) is 6.10 Å². The molecule has 1 aliphatic carbocycles. The number of likely N-dealkylation sites (N-methyl/N-ethyl adjacent to an activating group) is 1. The zero-order valence-electron chi connectivity index (χ0n) is 8.40. The molecule has 0 radical (unpaired) electrons. The van der Waals surface area contributed by atoms with E-state index < -0.39 is 6.10 Å². The van der Waals surface area contributed by atoms with Crippen LogP contribution in [0.5, 0.6) is 0 Å². The lowest BCUT2D eigenvalue weighted by Gasteiger charge is -2.09. The van der Waals surface area contributed by atoms with Gasteiger partial charge in [-0.1, -0.05) is 6.07 Å². The summed E-state index contributed by atoms with van der Waals surface area (Å²) >= 11 is 0. The lowest BCUT2D eigenvalue weighted by molar-refractivity contribution is 0.177. The van der Waals surface area contributed by atoms with E-state index in [0.717, 1.165) is 5.56 Å². The van der Waals surface area contributed by atoms with E-state index in [0.29, 0.717) is 12.5 Å². The third-order valence-electron chi connectivity index (χ3n) is 2.59. The first kappa shape index (κ1) is 9.62. The van der Waals surface area contributed by atoms with Gasteiger partial charge in [-0.2, -0.15) is 0 Å². The number of aliphatic hydroxyl groups is 1. The molecule has 1 aliphatic rings. The highest BCUT2D eigenvalue weighted by molar-refractivity contribution is 5.21. The Bertz CT molecular complexity index is 293. The molecule has 1 aromatic rings. The summed E-state index contributed by atoms with van der Waals surface area (Å²) in [4.78, 5) is 4.36. The van der Waals surface area contributed by atoms with Crippen molar-refractivity contribution in [3.05, 3.63) is 29.6 Å². The number of nitrogens with zero attached hydrogens (tertiary/aromatic N) is 1. The number of hydrogen-bond donors (Lipinski definition) is 2. The van der Waals surface area contributed by atoms with Crippen LogP contribution in [-0.4, -0.2) is 23.7 Å². The topological polar surface area (TPSA) is 45.1 Å². The van der Waals surface area contributed by atoms with Crippen molar-refractivity contribution < 1.29 is 5.11 Å². The molecule has 2 N–H and O–H groups in total. The van der Waals surface area contributed by atoms with Gasteiger partial charge in [0, 0.05) is 29.9 Å². The van der Waals surface area contributed by atoms with E-state index in [9.17, 15) is 5.11 Å². The van der Waals surface area contributed by atoms with Crippen LogP contribution in [-0.2, 0) is 0 Å². The average Bonchev–Trinajstić information content (AvgIpc) is 3.02. The third-order valence-corrected chi connectivity index (χ3v) is 2.59. The molecular formula is C11H16N2O. The Morgan fingerprint density at radius 3 is 2.86 bits per heavy atom. The summed E-state index contributed by atoms with van der Waals surface area (Å²) in [5.74, 6) is 0.686. The minimum absolute atomic E-state index is 0.444. The Morgan fingerprint density at radius 1 is 1.57 bits per heavy atom. The summed E-state index contributed by atoms with van der Waals surface area (Å²) in [6, 6.07) is 4.01. The number of rotatable bonds is 4. The molecule has 0 bridgehead atoms. The minimum atomic E-state index is -0.444. The van der Waals surface area contributed by atoms with E-state index in [-0.39, 0.29) is 0 Å². The summed E-state index contributed by atoms with van der Waals surface area (Å²) in [6.07, 6.45) is 3.88. The van der Waals surface area contributed by atoms with Crippen LogP contribution in [0.4, 0.5) is 0 Å². The van der Waals surface area contributed by atoms with Gasteiger partial charge in [0.15, 0.2) is 0 Å². The quantitative estimate of drug-likeness (QED) is 0.753. The molecular weight excluding hydrogens is 176 g/mol. The molecule has 2 rings (SSSR count). The van der Waals surface area contributed by atoms with E-state index in [1.807, 2.05) is 19.2 Å². The van der Waals surface area contributed by atoms with Crippen molar-refractivity contribution in [2.24, 2.45) is 0 Å². The second-order valence-corrected chi connectivity index (χ2v) is 3.86. The maximum Gasteiger partial charge on any atom is 0.0929 e. The van der Waals surface area contributed by atoms with Crippen molar-refractivity contribution in [2.45, 2.75) is 24.9 Å². The molecule has 0 saturated heterocycles. The summed E-state index contributed by atoms with van der Waals surface area (Å²) in [5.41, 5.74) is 2.06. The maximum absolute atomic E-state index is 9.66. The molecule has 0 spiro atoms. The molecule has 1 heterocycles. The van der Waals surface area contributed by atoms with Crippen molar-refractivity contribution in [3.63, 3.8) is 0 Å². The Hall–Kier alpha value is -0.930. The Kier molecular flexibility index (Phi) is 2.79. The molecule has 0 amide bonds. The van der Waals surface area contributed by atoms with E-state index in [1.165, 1.54) is 18.5 Å². The fraction of sp³-hybridized carbons (Fsp3) is 0.545. The Labute approximate surface area is 84.2 Å². The van der Waals surface area contributed by atoms with Crippen LogP contribution in [0.1, 0.15) is 36.1 Å². The lowest BCUT2D eigenvalue weighted by atomic mass is 10.1. The first-order valence-corrected chi connectivity index (χ1v) is 5.10. The van der Waals surface area contributed by atoms with Crippen molar-refractivity contribution >= 4 is 0 Å². The number of nitrogens with one attached hydrogen (secondary N) is 1. The van der Waals surface area contributed by atoms with Crippen LogP contribution >= 0.6 is 0 Å². The van der Waals surface area contributed by atoms with Crippen LogP contribution in [0, 0.1) is 0 Å². The van der Waals surface area contributed by atoms with Gasteiger partial charge in [0.2, 0.25) is 0 Å². The molecule has 1 atom stereocenters. The van der Waals surface area contributed by atoms with Gasteiger partial charge in [-0.05, 0) is 26.0 Å². The minimum Gasteiger partial charge on any atom is -0.387 e. The third kappa shape index (κ3) is 2.11. The molecule has 1 unspecified atom stereocenters. The van der Waals surface area contributed by atoms with Crippen LogP contribution in [0.2, 0.25) is 0 Å². The summed E-state index contributed by atoms with van der Waals surface area (Å²) in [6.45, 7) is 0.574. The fourth-order valence-corrected chi connectivity index (χ4v) is 1.55. The first-order valence-electron chi connectivity index (χ1n) is 5.10. The maximum atomic E-state index is 9.66. The average molecular weight is 192 g/mol. The monoisotopic (exact) mass is 192 g/mol. The molecule has 0 aromatic carbocycles. The highest BCUT2D eigenvalue weighted by Crippen LogP contribution is 2.38. The zero-order chi connectivity index (χ0) is 9.97. The van der Waals surface area contributed by atoms with Crippen LogP contribution in [0.3, 0.4) is 0 Å². The van der Waals surface area contributed by atoms with Crippen LogP contribution in [0.15, 0.2) is 18.3 Å². The molecule has 3 nitrogen and oxygen atoms in total. The van der Waals surface area contributed by atoms with Crippen molar-refractivity contribution in [2.75, 3.05) is 13.6 Å². The normalized spacial score (nSPS) is 18.1. The highest BCUT2D eigenvalue weighted by atomic mass is 16.3.